The van der Waals surface area contributed by atoms with Crippen LogP contribution in [0.5, 0.6) is 0 Å². The number of sulfone groups is 1. The molecule has 0 aliphatic carbocycles. The topological polar surface area (TPSA) is 59.1 Å². The summed E-state index contributed by atoms with van der Waals surface area (Å²) in [6.07, 6.45) is 2.43. The van der Waals surface area contributed by atoms with E-state index in [4.69, 9.17) is 0 Å². The Hall–Kier alpha value is -0.460. The van der Waals surface area contributed by atoms with Gasteiger partial charge in [0.25, 0.3) is 0 Å². The van der Waals surface area contributed by atoms with Gasteiger partial charge in [0.15, 0.2) is 0 Å². The van der Waals surface area contributed by atoms with Crippen LogP contribution < -0.4 is 5.32 Å². The zero-order chi connectivity index (χ0) is 12.9. The molecular weight excluding hydrogens is 256 g/mol. The van der Waals surface area contributed by atoms with E-state index in [9.17, 15) is 8.42 Å². The van der Waals surface area contributed by atoms with E-state index in [2.05, 4.69) is 24.1 Å². The van der Waals surface area contributed by atoms with Crippen LogP contribution in [-0.4, -0.2) is 31.5 Å². The first kappa shape index (κ1) is 14.6. The van der Waals surface area contributed by atoms with Crippen LogP contribution in [0.1, 0.15) is 32.2 Å². The lowest BCUT2D eigenvalue weighted by molar-refractivity contribution is 0.402. The molecule has 0 aliphatic heterocycles. The van der Waals surface area contributed by atoms with E-state index in [1.807, 2.05) is 5.38 Å². The fraction of sp³-hybridized carbons (Fsp3) is 0.727. The normalized spacial score (nSPS) is 12.9. The van der Waals surface area contributed by atoms with Gasteiger partial charge in [-0.2, -0.15) is 0 Å². The van der Waals surface area contributed by atoms with Crippen LogP contribution in [0, 0.1) is 0 Å². The van der Waals surface area contributed by atoms with Crippen molar-refractivity contribution in [2.24, 2.45) is 0 Å². The van der Waals surface area contributed by atoms with Crippen molar-refractivity contribution in [3.05, 3.63) is 16.6 Å². The molecule has 0 unspecified atom stereocenters. The minimum Gasteiger partial charge on any atom is -0.306 e. The zero-order valence-electron chi connectivity index (χ0n) is 10.6. The fourth-order valence-corrected chi connectivity index (χ4v) is 3.06. The van der Waals surface area contributed by atoms with Gasteiger partial charge in [-0.3, -0.25) is 0 Å². The van der Waals surface area contributed by atoms with Crippen molar-refractivity contribution in [1.29, 1.82) is 0 Å². The molecule has 1 heterocycles. The Bertz CT molecular complexity index is 424. The van der Waals surface area contributed by atoms with Crippen molar-refractivity contribution in [2.75, 3.05) is 18.1 Å². The molecule has 0 bridgehead atoms. The Morgan fingerprint density at radius 1 is 1.47 bits per heavy atom. The minimum absolute atomic E-state index is 0.190. The summed E-state index contributed by atoms with van der Waals surface area (Å²) in [5, 5.41) is 6.31. The van der Waals surface area contributed by atoms with Crippen LogP contribution in [-0.2, 0) is 15.4 Å². The summed E-state index contributed by atoms with van der Waals surface area (Å²) < 4.78 is 22.6. The molecule has 0 amide bonds. The molecular formula is C11H20N2O2S2. The Morgan fingerprint density at radius 2 is 2.18 bits per heavy atom. The molecule has 0 spiro atoms. The number of hydrogen-bond donors (Lipinski definition) is 1. The molecule has 1 aromatic heterocycles. The standard InChI is InChI=1S/C11H20N2O2S2/c1-4-17(14,15)9-5-6-13-11(2,3)10-12-7-8-16-10/h7-8,13H,4-6,9H2,1-3H3. The molecule has 0 aliphatic rings. The molecule has 98 valence electrons. The van der Waals surface area contributed by atoms with Crippen LogP contribution in [0.2, 0.25) is 0 Å². The Kier molecular flexibility index (Phi) is 5.09. The minimum atomic E-state index is -2.84. The summed E-state index contributed by atoms with van der Waals surface area (Å²) in [7, 11) is -2.84. The maximum Gasteiger partial charge on any atom is 0.150 e. The third-order valence-corrected chi connectivity index (χ3v) is 5.49. The van der Waals surface area contributed by atoms with Gasteiger partial charge < -0.3 is 5.32 Å². The molecule has 6 heteroatoms. The molecule has 1 aromatic rings. The Labute approximate surface area is 107 Å². The summed E-state index contributed by atoms with van der Waals surface area (Å²) in [4.78, 5) is 4.27. The lowest BCUT2D eigenvalue weighted by atomic mass is 10.1. The van der Waals surface area contributed by atoms with Crippen LogP contribution in [0.4, 0.5) is 0 Å². The largest absolute Gasteiger partial charge is 0.306 e. The number of aromatic nitrogens is 1. The Balaban J connectivity index is 2.37. The lowest BCUT2D eigenvalue weighted by Gasteiger charge is -2.23. The zero-order valence-corrected chi connectivity index (χ0v) is 12.2. The molecule has 0 saturated heterocycles. The first-order valence-corrected chi connectivity index (χ1v) is 8.43. The highest BCUT2D eigenvalue weighted by Gasteiger charge is 2.22. The summed E-state index contributed by atoms with van der Waals surface area (Å²) in [6.45, 7) is 6.48. The summed E-state index contributed by atoms with van der Waals surface area (Å²) in [5.74, 6) is 0.479. The highest BCUT2D eigenvalue weighted by atomic mass is 32.2. The predicted molar refractivity (Wildman–Crippen MR) is 72.1 cm³/mol. The van der Waals surface area contributed by atoms with Crippen molar-refractivity contribution in [3.63, 3.8) is 0 Å². The molecule has 1 rings (SSSR count). The van der Waals surface area contributed by atoms with E-state index in [-0.39, 0.29) is 17.0 Å². The molecule has 0 radical (unpaired) electrons. The van der Waals surface area contributed by atoms with Crippen molar-refractivity contribution in [2.45, 2.75) is 32.7 Å². The number of hydrogen-bond acceptors (Lipinski definition) is 5. The smallest absolute Gasteiger partial charge is 0.150 e. The monoisotopic (exact) mass is 276 g/mol. The lowest BCUT2D eigenvalue weighted by Crippen LogP contribution is -2.37. The highest BCUT2D eigenvalue weighted by Crippen LogP contribution is 2.21. The molecule has 0 atom stereocenters. The first-order chi connectivity index (χ1) is 7.87. The second-order valence-corrected chi connectivity index (χ2v) is 7.85. The van der Waals surface area contributed by atoms with Crippen molar-refractivity contribution in [1.82, 2.24) is 10.3 Å². The van der Waals surface area contributed by atoms with Crippen molar-refractivity contribution >= 4 is 21.2 Å². The number of nitrogens with zero attached hydrogens (tertiary/aromatic N) is 1. The molecule has 0 saturated carbocycles. The molecule has 0 fully saturated rings. The van der Waals surface area contributed by atoms with Gasteiger partial charge in [-0.1, -0.05) is 6.92 Å². The van der Waals surface area contributed by atoms with Crippen molar-refractivity contribution < 1.29 is 8.42 Å². The number of nitrogens with one attached hydrogen (secondary N) is 1. The van der Waals surface area contributed by atoms with E-state index in [1.165, 1.54) is 0 Å². The predicted octanol–water partition coefficient (Wildman–Crippen LogP) is 1.79. The van der Waals surface area contributed by atoms with E-state index >= 15 is 0 Å². The van der Waals surface area contributed by atoms with E-state index < -0.39 is 9.84 Å². The molecule has 17 heavy (non-hydrogen) atoms. The number of rotatable bonds is 7. The quantitative estimate of drug-likeness (QED) is 0.771. The Morgan fingerprint density at radius 3 is 2.71 bits per heavy atom. The summed E-state index contributed by atoms with van der Waals surface area (Å²) in [5.41, 5.74) is -0.190. The average Bonchev–Trinajstić information content (AvgIpc) is 2.78. The van der Waals surface area contributed by atoms with Gasteiger partial charge in [0, 0.05) is 17.3 Å². The van der Waals surface area contributed by atoms with Gasteiger partial charge in [-0.15, -0.1) is 11.3 Å². The fourth-order valence-electron chi connectivity index (χ4n) is 1.45. The van der Waals surface area contributed by atoms with Gasteiger partial charge in [-0.05, 0) is 26.8 Å². The van der Waals surface area contributed by atoms with Crippen LogP contribution >= 0.6 is 11.3 Å². The molecule has 1 N–H and O–H groups in total. The van der Waals surface area contributed by atoms with Gasteiger partial charge in [0.2, 0.25) is 0 Å². The number of thiazole rings is 1. The SMILES string of the molecule is CCS(=O)(=O)CCCNC(C)(C)c1nccs1. The third-order valence-electron chi connectivity index (χ3n) is 2.61. The molecule has 4 nitrogen and oxygen atoms in total. The van der Waals surface area contributed by atoms with Crippen LogP contribution in [0.15, 0.2) is 11.6 Å². The first-order valence-electron chi connectivity index (χ1n) is 5.73. The second-order valence-electron chi connectivity index (χ2n) is 4.48. The van der Waals surface area contributed by atoms with E-state index in [0.717, 1.165) is 5.01 Å². The van der Waals surface area contributed by atoms with Crippen LogP contribution in [0.25, 0.3) is 0 Å². The van der Waals surface area contributed by atoms with Gasteiger partial charge in [0.05, 0.1) is 11.3 Å². The summed E-state index contributed by atoms with van der Waals surface area (Å²) in [6, 6.07) is 0. The highest BCUT2D eigenvalue weighted by molar-refractivity contribution is 7.91. The molecule has 0 aromatic carbocycles. The summed E-state index contributed by atoms with van der Waals surface area (Å²) >= 11 is 1.61. The second kappa shape index (κ2) is 5.93. The van der Waals surface area contributed by atoms with Gasteiger partial charge in [0.1, 0.15) is 14.8 Å². The third kappa shape index (κ3) is 4.73. The maximum atomic E-state index is 11.3. The van der Waals surface area contributed by atoms with E-state index in [1.54, 1.807) is 24.5 Å². The van der Waals surface area contributed by atoms with Crippen molar-refractivity contribution in [3.8, 4) is 0 Å². The van der Waals surface area contributed by atoms with Gasteiger partial charge >= 0.3 is 0 Å². The van der Waals surface area contributed by atoms with Gasteiger partial charge in [-0.25, -0.2) is 13.4 Å². The maximum absolute atomic E-state index is 11.3. The average molecular weight is 276 g/mol. The van der Waals surface area contributed by atoms with E-state index in [0.29, 0.717) is 13.0 Å². The van der Waals surface area contributed by atoms with Crippen LogP contribution in [0.3, 0.4) is 0 Å².